The highest BCUT2D eigenvalue weighted by Gasteiger charge is 2.23. The quantitative estimate of drug-likeness (QED) is 0.512. The maximum Gasteiger partial charge on any atom is 0.271 e. The standard InChI is InChI=1S/C20H25N5O2/c1-3-24-20-17(12-21-24)19(22-13(2)14-7-5-4-6-8-14)16-10-9-15(25(26)27)11-18(16)23-20/h9-14H,3-8H2,1-2H3,(H,22,23). The van der Waals surface area contributed by atoms with E-state index in [-0.39, 0.29) is 10.6 Å². The maximum atomic E-state index is 11.2. The van der Waals surface area contributed by atoms with Crippen molar-refractivity contribution in [2.45, 2.75) is 58.5 Å². The predicted octanol–water partition coefficient (Wildman–Crippen LogP) is 4.89. The molecule has 7 nitrogen and oxygen atoms in total. The molecule has 1 aliphatic rings. The summed E-state index contributed by atoms with van der Waals surface area (Å²) in [4.78, 5) is 15.5. The van der Waals surface area contributed by atoms with Gasteiger partial charge in [0.2, 0.25) is 0 Å². The lowest BCUT2D eigenvalue weighted by Gasteiger charge is -2.29. The fourth-order valence-electron chi connectivity index (χ4n) is 4.24. The van der Waals surface area contributed by atoms with Crippen molar-refractivity contribution in [3.05, 3.63) is 34.5 Å². The van der Waals surface area contributed by atoms with Crippen molar-refractivity contribution in [2.24, 2.45) is 5.92 Å². The highest BCUT2D eigenvalue weighted by molar-refractivity contribution is 6.07. The molecule has 1 N–H and O–H groups in total. The number of aromatic nitrogens is 3. The normalized spacial score (nSPS) is 16.7. The number of nitro groups is 1. The van der Waals surface area contributed by atoms with Crippen LogP contribution in [0.2, 0.25) is 0 Å². The molecule has 1 aliphatic carbocycles. The molecule has 1 unspecified atom stereocenters. The summed E-state index contributed by atoms with van der Waals surface area (Å²) in [5.74, 6) is 0.649. The first-order valence-electron chi connectivity index (χ1n) is 9.78. The lowest BCUT2D eigenvalue weighted by molar-refractivity contribution is -0.384. The van der Waals surface area contributed by atoms with Gasteiger partial charge in [0.1, 0.15) is 0 Å². The summed E-state index contributed by atoms with van der Waals surface area (Å²) in [7, 11) is 0. The summed E-state index contributed by atoms with van der Waals surface area (Å²) in [6.07, 6.45) is 8.27. The summed E-state index contributed by atoms with van der Waals surface area (Å²) in [6, 6.07) is 5.24. The van der Waals surface area contributed by atoms with E-state index in [0.29, 0.717) is 24.0 Å². The molecule has 0 radical (unpaired) electrons. The summed E-state index contributed by atoms with van der Waals surface area (Å²) in [5.41, 5.74) is 2.44. The van der Waals surface area contributed by atoms with Crippen LogP contribution in [0.25, 0.3) is 21.9 Å². The van der Waals surface area contributed by atoms with Gasteiger partial charge in [-0.2, -0.15) is 5.10 Å². The Morgan fingerprint density at radius 2 is 2.07 bits per heavy atom. The molecule has 1 aromatic carbocycles. The van der Waals surface area contributed by atoms with Crippen LogP contribution >= 0.6 is 0 Å². The monoisotopic (exact) mass is 367 g/mol. The van der Waals surface area contributed by atoms with Crippen molar-refractivity contribution in [3.63, 3.8) is 0 Å². The molecule has 0 spiro atoms. The highest BCUT2D eigenvalue weighted by atomic mass is 16.6. The second kappa shape index (κ2) is 7.13. The Hall–Kier alpha value is -2.70. The van der Waals surface area contributed by atoms with Crippen LogP contribution in [0.1, 0.15) is 46.0 Å². The molecular weight excluding hydrogens is 342 g/mol. The van der Waals surface area contributed by atoms with Crippen LogP contribution in [0.15, 0.2) is 24.4 Å². The number of benzene rings is 1. The Morgan fingerprint density at radius 3 is 2.78 bits per heavy atom. The molecule has 0 aliphatic heterocycles. The van der Waals surface area contributed by atoms with Crippen molar-refractivity contribution in [2.75, 3.05) is 5.32 Å². The minimum Gasteiger partial charge on any atom is -0.381 e. The average Bonchev–Trinajstić information content (AvgIpc) is 3.10. The van der Waals surface area contributed by atoms with E-state index in [1.165, 1.54) is 32.1 Å². The van der Waals surface area contributed by atoms with E-state index < -0.39 is 0 Å². The number of pyridine rings is 1. The van der Waals surface area contributed by atoms with Gasteiger partial charge >= 0.3 is 0 Å². The molecule has 4 rings (SSSR count). The van der Waals surface area contributed by atoms with Crippen molar-refractivity contribution >= 4 is 33.3 Å². The van der Waals surface area contributed by atoms with E-state index in [9.17, 15) is 10.1 Å². The maximum absolute atomic E-state index is 11.2. The number of nitrogens with one attached hydrogen (secondary N) is 1. The Balaban J connectivity index is 1.84. The Morgan fingerprint density at radius 1 is 1.30 bits per heavy atom. The van der Waals surface area contributed by atoms with E-state index in [4.69, 9.17) is 0 Å². The highest BCUT2D eigenvalue weighted by Crippen LogP contribution is 2.35. The van der Waals surface area contributed by atoms with Crippen LogP contribution < -0.4 is 5.32 Å². The second-order valence-electron chi connectivity index (χ2n) is 7.47. The molecule has 0 bridgehead atoms. The predicted molar refractivity (Wildman–Crippen MR) is 107 cm³/mol. The first-order valence-corrected chi connectivity index (χ1v) is 9.78. The van der Waals surface area contributed by atoms with Gasteiger partial charge < -0.3 is 5.32 Å². The van der Waals surface area contributed by atoms with Gasteiger partial charge in [0.25, 0.3) is 5.69 Å². The van der Waals surface area contributed by atoms with Crippen LogP contribution in [-0.2, 0) is 6.54 Å². The van der Waals surface area contributed by atoms with Gasteiger partial charge in [0, 0.05) is 30.1 Å². The number of rotatable bonds is 5. The summed E-state index contributed by atoms with van der Waals surface area (Å²) >= 11 is 0. The average molecular weight is 367 g/mol. The third-order valence-electron chi connectivity index (χ3n) is 5.80. The first-order chi connectivity index (χ1) is 13.1. The molecule has 0 amide bonds. The number of fused-ring (bicyclic) bond motifs is 2. The number of hydrogen-bond acceptors (Lipinski definition) is 5. The molecular formula is C20H25N5O2. The minimum atomic E-state index is -0.375. The zero-order valence-electron chi connectivity index (χ0n) is 15.8. The Labute approximate surface area is 157 Å². The lowest BCUT2D eigenvalue weighted by Crippen LogP contribution is -2.27. The van der Waals surface area contributed by atoms with Gasteiger partial charge in [-0.3, -0.25) is 10.1 Å². The molecule has 1 atom stereocenters. The van der Waals surface area contributed by atoms with Crippen molar-refractivity contribution in [3.8, 4) is 0 Å². The molecule has 7 heteroatoms. The first kappa shape index (κ1) is 17.7. The topological polar surface area (TPSA) is 85.9 Å². The summed E-state index contributed by atoms with van der Waals surface area (Å²) in [5, 5.41) is 21.3. The van der Waals surface area contributed by atoms with Crippen molar-refractivity contribution < 1.29 is 4.92 Å². The molecule has 1 saturated carbocycles. The molecule has 2 aromatic heterocycles. The van der Waals surface area contributed by atoms with Crippen LogP contribution in [-0.4, -0.2) is 25.7 Å². The molecule has 2 heterocycles. The second-order valence-corrected chi connectivity index (χ2v) is 7.47. The number of aryl methyl sites for hydroxylation is 1. The SMILES string of the molecule is CCn1ncc2c(NC(C)C3CCCCC3)c3ccc([N+](=O)[O-])cc3nc21. The van der Waals surface area contributed by atoms with Crippen LogP contribution in [0.4, 0.5) is 11.4 Å². The molecule has 3 aromatic rings. The van der Waals surface area contributed by atoms with Crippen LogP contribution in [0.5, 0.6) is 0 Å². The molecule has 0 saturated heterocycles. The van der Waals surface area contributed by atoms with Gasteiger partial charge in [-0.25, -0.2) is 9.67 Å². The number of hydrogen-bond donors (Lipinski definition) is 1. The molecule has 27 heavy (non-hydrogen) atoms. The fraction of sp³-hybridized carbons (Fsp3) is 0.500. The largest absolute Gasteiger partial charge is 0.381 e. The number of nitrogens with zero attached hydrogens (tertiary/aromatic N) is 4. The Bertz CT molecular complexity index is 991. The minimum absolute atomic E-state index is 0.0585. The molecule has 142 valence electrons. The van der Waals surface area contributed by atoms with E-state index in [0.717, 1.165) is 22.1 Å². The van der Waals surface area contributed by atoms with E-state index >= 15 is 0 Å². The smallest absolute Gasteiger partial charge is 0.271 e. The number of anilines is 1. The van der Waals surface area contributed by atoms with Crippen LogP contribution in [0.3, 0.4) is 0 Å². The molecule has 1 fully saturated rings. The number of non-ortho nitro benzene ring substituents is 1. The van der Waals surface area contributed by atoms with E-state index in [1.807, 2.05) is 17.8 Å². The zero-order valence-corrected chi connectivity index (χ0v) is 15.8. The lowest BCUT2D eigenvalue weighted by atomic mass is 9.84. The van der Waals surface area contributed by atoms with Gasteiger partial charge in [-0.15, -0.1) is 0 Å². The van der Waals surface area contributed by atoms with Gasteiger partial charge in [0.05, 0.1) is 27.7 Å². The fourth-order valence-corrected chi connectivity index (χ4v) is 4.24. The summed E-state index contributed by atoms with van der Waals surface area (Å²) < 4.78 is 1.84. The van der Waals surface area contributed by atoms with E-state index in [1.54, 1.807) is 18.2 Å². The van der Waals surface area contributed by atoms with Crippen molar-refractivity contribution in [1.29, 1.82) is 0 Å². The third kappa shape index (κ3) is 3.22. The van der Waals surface area contributed by atoms with Gasteiger partial charge in [-0.05, 0) is 38.7 Å². The summed E-state index contributed by atoms with van der Waals surface area (Å²) in [6.45, 7) is 4.96. The van der Waals surface area contributed by atoms with Gasteiger partial charge in [-0.1, -0.05) is 19.3 Å². The van der Waals surface area contributed by atoms with E-state index in [2.05, 4.69) is 22.3 Å². The third-order valence-corrected chi connectivity index (χ3v) is 5.80. The zero-order chi connectivity index (χ0) is 19.0. The van der Waals surface area contributed by atoms with Gasteiger partial charge in [0.15, 0.2) is 5.65 Å². The van der Waals surface area contributed by atoms with Crippen LogP contribution in [0, 0.1) is 16.0 Å². The van der Waals surface area contributed by atoms with Crippen molar-refractivity contribution in [1.82, 2.24) is 14.8 Å². The number of nitro benzene ring substituents is 1. The Kier molecular flexibility index (Phi) is 4.68.